The fraction of sp³-hybridized carbons (Fsp3) is 0.619. The number of benzene rings is 1. The highest BCUT2D eigenvalue weighted by Crippen LogP contribution is 2.37. The third kappa shape index (κ3) is 6.06. The molecular formula is C21H32ClFN4O2. The van der Waals surface area contributed by atoms with Crippen LogP contribution in [0.15, 0.2) is 24.3 Å². The van der Waals surface area contributed by atoms with E-state index in [1.807, 2.05) is 18.7 Å². The van der Waals surface area contributed by atoms with E-state index in [0.29, 0.717) is 5.41 Å². The molecule has 2 heterocycles. The van der Waals surface area contributed by atoms with Crippen molar-refractivity contribution in [1.29, 1.82) is 0 Å². The summed E-state index contributed by atoms with van der Waals surface area (Å²) in [4.78, 5) is 27.2. The summed E-state index contributed by atoms with van der Waals surface area (Å²) < 4.78 is 13.0. The number of nitrogens with zero attached hydrogens (tertiary/aromatic N) is 1. The summed E-state index contributed by atoms with van der Waals surface area (Å²) in [5.74, 6) is -0.323. The van der Waals surface area contributed by atoms with Gasteiger partial charge in [-0.25, -0.2) is 9.18 Å². The van der Waals surface area contributed by atoms with Crippen molar-refractivity contribution >= 4 is 24.3 Å². The molecular weight excluding hydrogens is 395 g/mol. The van der Waals surface area contributed by atoms with Crippen LogP contribution in [0.5, 0.6) is 0 Å². The smallest absolute Gasteiger partial charge is 0.315 e. The number of carbonyl (C=O) groups excluding carboxylic acids is 2. The van der Waals surface area contributed by atoms with E-state index < -0.39 is 6.04 Å². The van der Waals surface area contributed by atoms with Crippen LogP contribution in [-0.4, -0.2) is 49.1 Å². The SMILES string of the molecule is CC(C)C(NC(=O)NCc1ccc(F)cc1)C(=O)N1CCC2(CCNC2)CC1.Cl. The lowest BCUT2D eigenvalue weighted by molar-refractivity contribution is -0.136. The molecule has 1 aromatic carbocycles. The zero-order valence-corrected chi connectivity index (χ0v) is 18.0. The Bertz CT molecular complexity index is 682. The fourth-order valence-electron chi connectivity index (χ4n) is 4.11. The molecule has 2 aliphatic rings. The van der Waals surface area contributed by atoms with Crippen LogP contribution in [0, 0.1) is 17.2 Å². The molecule has 2 fully saturated rings. The fourth-order valence-corrected chi connectivity index (χ4v) is 4.11. The second-order valence-electron chi connectivity index (χ2n) is 8.43. The summed E-state index contributed by atoms with van der Waals surface area (Å²) in [7, 11) is 0. The average molecular weight is 427 g/mol. The topological polar surface area (TPSA) is 73.5 Å². The predicted octanol–water partition coefficient (Wildman–Crippen LogP) is 2.67. The molecule has 0 aliphatic carbocycles. The van der Waals surface area contributed by atoms with Crippen molar-refractivity contribution in [3.63, 3.8) is 0 Å². The quantitative estimate of drug-likeness (QED) is 0.677. The van der Waals surface area contributed by atoms with Gasteiger partial charge in [0.15, 0.2) is 0 Å². The molecule has 8 heteroatoms. The van der Waals surface area contributed by atoms with Crippen LogP contribution in [0.4, 0.5) is 9.18 Å². The van der Waals surface area contributed by atoms with Crippen molar-refractivity contribution < 1.29 is 14.0 Å². The van der Waals surface area contributed by atoms with Crippen LogP contribution in [0.3, 0.4) is 0 Å². The monoisotopic (exact) mass is 426 g/mol. The average Bonchev–Trinajstić information content (AvgIpc) is 3.13. The van der Waals surface area contributed by atoms with Gasteiger partial charge in [0.05, 0.1) is 0 Å². The summed E-state index contributed by atoms with van der Waals surface area (Å²) in [5.41, 5.74) is 1.15. The van der Waals surface area contributed by atoms with Crippen molar-refractivity contribution in [2.45, 2.75) is 45.7 Å². The van der Waals surface area contributed by atoms with Gasteiger partial charge in [-0.3, -0.25) is 4.79 Å². The molecule has 2 aliphatic heterocycles. The van der Waals surface area contributed by atoms with Crippen molar-refractivity contribution in [3.05, 3.63) is 35.6 Å². The maximum absolute atomic E-state index is 13.0. The van der Waals surface area contributed by atoms with E-state index in [-0.39, 0.29) is 42.6 Å². The summed E-state index contributed by atoms with van der Waals surface area (Å²) in [6, 6.07) is 5.04. The van der Waals surface area contributed by atoms with E-state index >= 15 is 0 Å². The third-order valence-corrected chi connectivity index (χ3v) is 6.05. The normalized spacial score (nSPS) is 19.0. The number of hydrogen-bond acceptors (Lipinski definition) is 3. The Morgan fingerprint density at radius 3 is 2.38 bits per heavy atom. The van der Waals surface area contributed by atoms with Gasteiger partial charge in [0, 0.05) is 26.2 Å². The molecule has 162 valence electrons. The molecule has 6 nitrogen and oxygen atoms in total. The largest absolute Gasteiger partial charge is 0.341 e. The van der Waals surface area contributed by atoms with E-state index in [9.17, 15) is 14.0 Å². The van der Waals surface area contributed by atoms with Crippen LogP contribution in [-0.2, 0) is 11.3 Å². The van der Waals surface area contributed by atoms with Gasteiger partial charge in [-0.2, -0.15) is 0 Å². The number of amides is 3. The highest BCUT2D eigenvalue weighted by atomic mass is 35.5. The van der Waals surface area contributed by atoms with Gasteiger partial charge in [-0.1, -0.05) is 26.0 Å². The molecule has 3 rings (SSSR count). The molecule has 0 bridgehead atoms. The third-order valence-electron chi connectivity index (χ3n) is 6.05. The van der Waals surface area contributed by atoms with Crippen LogP contribution < -0.4 is 16.0 Å². The lowest BCUT2D eigenvalue weighted by Gasteiger charge is -2.40. The van der Waals surface area contributed by atoms with Crippen molar-refractivity contribution in [1.82, 2.24) is 20.9 Å². The lowest BCUT2D eigenvalue weighted by atomic mass is 9.77. The summed E-state index contributed by atoms with van der Waals surface area (Å²) in [6.07, 6.45) is 3.23. The van der Waals surface area contributed by atoms with Gasteiger partial charge in [0.2, 0.25) is 5.91 Å². The van der Waals surface area contributed by atoms with Gasteiger partial charge >= 0.3 is 6.03 Å². The van der Waals surface area contributed by atoms with Crippen LogP contribution in [0.25, 0.3) is 0 Å². The van der Waals surface area contributed by atoms with Crippen LogP contribution in [0.2, 0.25) is 0 Å². The second-order valence-corrected chi connectivity index (χ2v) is 8.43. The minimum absolute atomic E-state index is 0. The minimum Gasteiger partial charge on any atom is -0.341 e. The highest BCUT2D eigenvalue weighted by Gasteiger charge is 2.39. The molecule has 1 unspecified atom stereocenters. The van der Waals surface area contributed by atoms with Gasteiger partial charge in [0.25, 0.3) is 0 Å². The second kappa shape index (κ2) is 10.3. The maximum Gasteiger partial charge on any atom is 0.315 e. The van der Waals surface area contributed by atoms with E-state index in [1.165, 1.54) is 18.6 Å². The maximum atomic E-state index is 13.0. The summed E-state index contributed by atoms with van der Waals surface area (Å²) >= 11 is 0. The Labute approximate surface area is 178 Å². The van der Waals surface area contributed by atoms with Crippen LogP contribution in [0.1, 0.15) is 38.7 Å². The predicted molar refractivity (Wildman–Crippen MR) is 113 cm³/mol. The van der Waals surface area contributed by atoms with Crippen molar-refractivity contribution in [3.8, 4) is 0 Å². The zero-order chi connectivity index (χ0) is 20.1. The molecule has 0 aromatic heterocycles. The molecule has 29 heavy (non-hydrogen) atoms. The molecule has 0 radical (unpaired) electrons. The van der Waals surface area contributed by atoms with E-state index in [0.717, 1.165) is 44.6 Å². The number of nitrogens with one attached hydrogen (secondary N) is 3. The first-order valence-corrected chi connectivity index (χ1v) is 10.2. The molecule has 1 aromatic rings. The van der Waals surface area contributed by atoms with Gasteiger partial charge in [-0.15, -0.1) is 12.4 Å². The zero-order valence-electron chi connectivity index (χ0n) is 17.2. The molecule has 1 atom stereocenters. The van der Waals surface area contributed by atoms with E-state index in [4.69, 9.17) is 0 Å². The van der Waals surface area contributed by atoms with Gasteiger partial charge in [-0.05, 0) is 54.8 Å². The Morgan fingerprint density at radius 2 is 1.83 bits per heavy atom. The molecule has 0 saturated carbocycles. The first-order valence-electron chi connectivity index (χ1n) is 10.2. The van der Waals surface area contributed by atoms with Crippen molar-refractivity contribution in [2.75, 3.05) is 26.2 Å². The molecule has 3 N–H and O–H groups in total. The number of piperidine rings is 1. The lowest BCUT2D eigenvalue weighted by Crippen LogP contribution is -2.55. The summed E-state index contributed by atoms with van der Waals surface area (Å²) in [6.45, 7) is 7.78. The number of carbonyl (C=O) groups is 2. The molecule has 1 spiro atoms. The number of likely N-dealkylation sites (tertiary alicyclic amines) is 1. The van der Waals surface area contributed by atoms with Gasteiger partial charge in [0.1, 0.15) is 11.9 Å². The minimum atomic E-state index is -0.552. The Balaban J connectivity index is 0.00000300. The number of rotatable bonds is 5. The summed E-state index contributed by atoms with van der Waals surface area (Å²) in [5, 5.41) is 9.01. The number of hydrogen-bond donors (Lipinski definition) is 3. The highest BCUT2D eigenvalue weighted by molar-refractivity contribution is 5.87. The first kappa shape index (κ1) is 23.4. The molecule has 2 saturated heterocycles. The number of halogens is 2. The molecule has 3 amide bonds. The van der Waals surface area contributed by atoms with E-state index in [1.54, 1.807) is 12.1 Å². The standard InChI is InChI=1S/C21H31FN4O2.ClH/c1-15(2)18(25-20(28)24-13-16-3-5-17(22)6-4-16)19(27)26-11-8-21(9-12-26)7-10-23-14-21;/h3-6,15,18,23H,7-14H2,1-2H3,(H2,24,25,28);1H. The Hall–Kier alpha value is -1.86. The van der Waals surface area contributed by atoms with Crippen molar-refractivity contribution in [2.24, 2.45) is 11.3 Å². The number of urea groups is 1. The van der Waals surface area contributed by atoms with Gasteiger partial charge < -0.3 is 20.9 Å². The Morgan fingerprint density at radius 1 is 1.17 bits per heavy atom. The first-order chi connectivity index (χ1) is 13.4. The van der Waals surface area contributed by atoms with Crippen LogP contribution >= 0.6 is 12.4 Å². The van der Waals surface area contributed by atoms with E-state index in [2.05, 4.69) is 16.0 Å². The Kier molecular flexibility index (Phi) is 8.28.